The third kappa shape index (κ3) is 2.47. The van der Waals surface area contributed by atoms with Crippen molar-refractivity contribution in [2.24, 2.45) is 0 Å². The minimum absolute atomic E-state index is 0.115. The summed E-state index contributed by atoms with van der Waals surface area (Å²) in [6.45, 7) is 1.66. The molecule has 1 rings (SSSR count). The maximum Gasteiger partial charge on any atom is 0.188 e. The maximum absolute atomic E-state index is 11.3. The molecule has 3 heteroatoms. The molecule has 0 N–H and O–H groups in total. The highest BCUT2D eigenvalue weighted by atomic mass is 35.5. The molecule has 0 aromatic carbocycles. The number of carbonyl (C=O) groups excluding carboxylic acids is 1. The molecule has 1 aromatic rings. The zero-order chi connectivity index (χ0) is 8.97. The highest BCUT2D eigenvalue weighted by molar-refractivity contribution is 6.31. The summed E-state index contributed by atoms with van der Waals surface area (Å²) in [5, 5.41) is 0.476. The van der Waals surface area contributed by atoms with Gasteiger partial charge in [-0.25, -0.2) is 0 Å². The van der Waals surface area contributed by atoms with E-state index in [1.54, 1.807) is 25.3 Å². The van der Waals surface area contributed by atoms with Crippen molar-refractivity contribution >= 4 is 17.4 Å². The van der Waals surface area contributed by atoms with Gasteiger partial charge in [-0.05, 0) is 19.1 Å². The first kappa shape index (κ1) is 8.94. The molecule has 2 nitrogen and oxygen atoms in total. The Labute approximate surface area is 75.9 Å². The summed E-state index contributed by atoms with van der Waals surface area (Å²) in [5.41, 5.74) is 0.553. The third-order valence-electron chi connectivity index (χ3n) is 1.28. The molecule has 0 bridgehead atoms. The predicted molar refractivity (Wildman–Crippen MR) is 48.2 cm³/mol. The van der Waals surface area contributed by atoms with Crippen LogP contribution in [-0.2, 0) is 0 Å². The lowest BCUT2D eigenvalue weighted by atomic mass is 10.2. The number of pyridine rings is 1. The van der Waals surface area contributed by atoms with Gasteiger partial charge in [-0.15, -0.1) is 0 Å². The van der Waals surface area contributed by atoms with Crippen molar-refractivity contribution in [3.05, 3.63) is 41.2 Å². The number of hydrogen-bond donors (Lipinski definition) is 0. The topological polar surface area (TPSA) is 30.0 Å². The Morgan fingerprint density at radius 1 is 1.67 bits per heavy atom. The van der Waals surface area contributed by atoms with Crippen molar-refractivity contribution in [1.29, 1.82) is 0 Å². The first-order chi connectivity index (χ1) is 5.70. The Morgan fingerprint density at radius 2 is 2.42 bits per heavy atom. The fraction of sp³-hybridized carbons (Fsp3) is 0.111. The smallest absolute Gasteiger partial charge is 0.188 e. The molecule has 0 unspecified atom stereocenters. The average Bonchev–Trinajstić information content (AvgIpc) is 2.05. The van der Waals surface area contributed by atoms with Crippen LogP contribution >= 0.6 is 11.6 Å². The molecule has 0 saturated heterocycles. The SMILES string of the molecule is C/C(Cl)=C\C(=O)c1cccnc1. The van der Waals surface area contributed by atoms with Crippen molar-refractivity contribution in [3.8, 4) is 0 Å². The van der Waals surface area contributed by atoms with E-state index in [0.29, 0.717) is 10.6 Å². The predicted octanol–water partition coefficient (Wildman–Crippen LogP) is 2.41. The monoisotopic (exact) mass is 181 g/mol. The van der Waals surface area contributed by atoms with Gasteiger partial charge >= 0.3 is 0 Å². The molecule has 0 saturated carbocycles. The molecule has 0 aliphatic carbocycles. The van der Waals surface area contributed by atoms with Crippen molar-refractivity contribution in [2.45, 2.75) is 6.92 Å². The minimum atomic E-state index is -0.115. The largest absolute Gasteiger partial charge is 0.289 e. The van der Waals surface area contributed by atoms with Gasteiger partial charge in [-0.1, -0.05) is 11.6 Å². The molecule has 62 valence electrons. The standard InChI is InChI=1S/C9H8ClNO/c1-7(10)5-9(12)8-3-2-4-11-6-8/h2-6H,1H3/b7-5+. The number of ketones is 1. The van der Waals surface area contributed by atoms with Crippen molar-refractivity contribution < 1.29 is 4.79 Å². The summed E-state index contributed by atoms with van der Waals surface area (Å²) in [6.07, 6.45) is 4.51. The van der Waals surface area contributed by atoms with Gasteiger partial charge in [0.1, 0.15) is 0 Å². The summed E-state index contributed by atoms with van der Waals surface area (Å²) >= 11 is 5.54. The molecule has 0 aliphatic rings. The van der Waals surface area contributed by atoms with Crippen molar-refractivity contribution in [3.63, 3.8) is 0 Å². The average molecular weight is 182 g/mol. The Morgan fingerprint density at radius 3 is 2.92 bits per heavy atom. The summed E-state index contributed by atoms with van der Waals surface area (Å²) < 4.78 is 0. The van der Waals surface area contributed by atoms with E-state index in [-0.39, 0.29) is 5.78 Å². The summed E-state index contributed by atoms with van der Waals surface area (Å²) in [7, 11) is 0. The second kappa shape index (κ2) is 4.02. The van der Waals surface area contributed by atoms with Crippen LogP contribution in [-0.4, -0.2) is 10.8 Å². The van der Waals surface area contributed by atoms with Crippen LogP contribution in [0.5, 0.6) is 0 Å². The molecule has 0 atom stereocenters. The number of rotatable bonds is 2. The lowest BCUT2D eigenvalue weighted by molar-refractivity contribution is 0.104. The molecule has 0 aliphatic heterocycles. The number of allylic oxidation sites excluding steroid dienone is 2. The Balaban J connectivity index is 2.87. The molecular weight excluding hydrogens is 174 g/mol. The number of hydrogen-bond acceptors (Lipinski definition) is 2. The highest BCUT2D eigenvalue weighted by Crippen LogP contribution is 2.04. The van der Waals surface area contributed by atoms with E-state index in [2.05, 4.69) is 4.98 Å². The fourth-order valence-electron chi connectivity index (χ4n) is 0.772. The van der Waals surface area contributed by atoms with E-state index in [4.69, 9.17) is 11.6 Å². The Bertz CT molecular complexity index is 302. The van der Waals surface area contributed by atoms with Gasteiger partial charge in [0.2, 0.25) is 0 Å². The van der Waals surface area contributed by atoms with Gasteiger partial charge in [0.05, 0.1) is 0 Å². The molecule has 0 amide bonds. The minimum Gasteiger partial charge on any atom is -0.289 e. The van der Waals surface area contributed by atoms with Gasteiger partial charge in [0.25, 0.3) is 0 Å². The lowest BCUT2D eigenvalue weighted by Gasteiger charge is -1.92. The molecule has 0 fully saturated rings. The second-order valence-corrected chi connectivity index (χ2v) is 2.93. The molecule has 1 aromatic heterocycles. The van der Waals surface area contributed by atoms with Gasteiger partial charge in [-0.3, -0.25) is 9.78 Å². The number of aromatic nitrogens is 1. The van der Waals surface area contributed by atoms with Gasteiger partial charge in [0, 0.05) is 29.1 Å². The molecular formula is C9H8ClNO. The maximum atomic E-state index is 11.3. The zero-order valence-corrected chi connectivity index (χ0v) is 7.38. The molecule has 0 spiro atoms. The molecule has 1 heterocycles. The zero-order valence-electron chi connectivity index (χ0n) is 6.62. The van der Waals surface area contributed by atoms with E-state index in [1.165, 1.54) is 12.3 Å². The molecule has 0 radical (unpaired) electrons. The number of halogens is 1. The summed E-state index contributed by atoms with van der Waals surface area (Å²) in [4.78, 5) is 15.1. The lowest BCUT2D eigenvalue weighted by Crippen LogP contribution is -1.94. The Kier molecular flexibility index (Phi) is 3.00. The van der Waals surface area contributed by atoms with Crippen LogP contribution in [0, 0.1) is 0 Å². The number of carbonyl (C=O) groups is 1. The first-order valence-electron chi connectivity index (χ1n) is 3.48. The van der Waals surface area contributed by atoms with E-state index < -0.39 is 0 Å². The van der Waals surface area contributed by atoms with Crippen LogP contribution in [0.15, 0.2) is 35.6 Å². The van der Waals surface area contributed by atoms with Gasteiger partial charge < -0.3 is 0 Å². The van der Waals surface area contributed by atoms with Crippen molar-refractivity contribution in [2.75, 3.05) is 0 Å². The van der Waals surface area contributed by atoms with Crippen LogP contribution in [0.2, 0.25) is 0 Å². The van der Waals surface area contributed by atoms with E-state index in [1.807, 2.05) is 0 Å². The first-order valence-corrected chi connectivity index (χ1v) is 3.86. The quantitative estimate of drug-likeness (QED) is 0.518. The van der Waals surface area contributed by atoms with Crippen LogP contribution in [0.1, 0.15) is 17.3 Å². The van der Waals surface area contributed by atoms with Crippen molar-refractivity contribution in [1.82, 2.24) is 4.98 Å². The van der Waals surface area contributed by atoms with Crippen LogP contribution in [0.3, 0.4) is 0 Å². The van der Waals surface area contributed by atoms with Crippen LogP contribution in [0.4, 0.5) is 0 Å². The summed E-state index contributed by atoms with van der Waals surface area (Å²) in [6, 6.07) is 3.41. The van der Waals surface area contributed by atoms with Crippen LogP contribution < -0.4 is 0 Å². The van der Waals surface area contributed by atoms with E-state index in [0.717, 1.165) is 0 Å². The van der Waals surface area contributed by atoms with Crippen LogP contribution in [0.25, 0.3) is 0 Å². The fourth-order valence-corrected chi connectivity index (χ4v) is 0.872. The number of nitrogens with zero attached hydrogens (tertiary/aromatic N) is 1. The highest BCUT2D eigenvalue weighted by Gasteiger charge is 2.00. The normalized spacial score (nSPS) is 11.3. The third-order valence-corrected chi connectivity index (χ3v) is 1.39. The second-order valence-electron chi connectivity index (χ2n) is 2.34. The van der Waals surface area contributed by atoms with E-state index in [9.17, 15) is 4.79 Å². The summed E-state index contributed by atoms with van der Waals surface area (Å²) in [5.74, 6) is -0.115. The van der Waals surface area contributed by atoms with Gasteiger partial charge in [-0.2, -0.15) is 0 Å². The van der Waals surface area contributed by atoms with Gasteiger partial charge in [0.15, 0.2) is 5.78 Å². The Hall–Kier alpha value is -1.15. The molecule has 12 heavy (non-hydrogen) atoms. The van der Waals surface area contributed by atoms with E-state index >= 15 is 0 Å².